The van der Waals surface area contributed by atoms with Gasteiger partial charge in [-0.1, -0.05) is 45.4 Å². The van der Waals surface area contributed by atoms with Gasteiger partial charge in [-0.2, -0.15) is 0 Å². The molecule has 4 nitrogen and oxygen atoms in total. The maximum atomic E-state index is 11.0. The molecule has 0 fully saturated rings. The number of carboxylic acids is 2. The van der Waals surface area contributed by atoms with Gasteiger partial charge in [0.2, 0.25) is 0 Å². The van der Waals surface area contributed by atoms with E-state index in [0.29, 0.717) is 0 Å². The molecule has 1 unspecified atom stereocenters. The van der Waals surface area contributed by atoms with Crippen LogP contribution in [0.5, 0.6) is 0 Å². The van der Waals surface area contributed by atoms with Gasteiger partial charge in [-0.05, 0) is 19.3 Å². The van der Waals surface area contributed by atoms with Gasteiger partial charge in [0.15, 0.2) is 0 Å². The van der Waals surface area contributed by atoms with Gasteiger partial charge in [0, 0.05) is 6.42 Å². The summed E-state index contributed by atoms with van der Waals surface area (Å²) >= 11 is 0. The Balaban J connectivity index is 3.49. The Kier molecular flexibility index (Phi) is 10.4. The smallest absolute Gasteiger partial charge is 0.306 e. The van der Waals surface area contributed by atoms with Crippen LogP contribution in [-0.2, 0) is 9.59 Å². The molecule has 0 saturated carbocycles. The Morgan fingerprint density at radius 2 is 1.44 bits per heavy atom. The molecule has 2 N–H and O–H groups in total. The highest BCUT2D eigenvalue weighted by Crippen LogP contribution is 2.18. The molecule has 0 aliphatic rings. The van der Waals surface area contributed by atoms with E-state index in [0.717, 1.165) is 57.8 Å². The van der Waals surface area contributed by atoms with Crippen molar-refractivity contribution < 1.29 is 19.8 Å². The highest BCUT2D eigenvalue weighted by molar-refractivity contribution is 5.69. The number of carboxylic acid groups (broad SMARTS) is 2. The molecular formula is C14H26O4. The van der Waals surface area contributed by atoms with Crippen molar-refractivity contribution in [2.45, 2.75) is 71.1 Å². The summed E-state index contributed by atoms with van der Waals surface area (Å²) in [6.45, 7) is 2.07. The predicted octanol–water partition coefficient (Wildman–Crippen LogP) is 3.69. The molecular weight excluding hydrogens is 232 g/mol. The van der Waals surface area contributed by atoms with Gasteiger partial charge in [-0.25, -0.2) is 0 Å². The second-order valence-electron chi connectivity index (χ2n) is 4.88. The van der Waals surface area contributed by atoms with Gasteiger partial charge in [-0.3, -0.25) is 9.59 Å². The van der Waals surface area contributed by atoms with Crippen LogP contribution in [0.1, 0.15) is 71.1 Å². The summed E-state index contributed by atoms with van der Waals surface area (Å²) in [6.07, 6.45) is 8.42. The maximum Gasteiger partial charge on any atom is 0.306 e. The van der Waals surface area contributed by atoms with Crippen molar-refractivity contribution in [3.63, 3.8) is 0 Å². The van der Waals surface area contributed by atoms with Crippen LogP contribution in [0.25, 0.3) is 0 Å². The molecule has 0 rings (SSSR count). The van der Waals surface area contributed by atoms with Crippen LogP contribution in [0.15, 0.2) is 0 Å². The monoisotopic (exact) mass is 258 g/mol. The lowest BCUT2D eigenvalue weighted by Crippen LogP contribution is -2.13. The van der Waals surface area contributed by atoms with Crippen LogP contribution in [0.3, 0.4) is 0 Å². The van der Waals surface area contributed by atoms with Crippen LogP contribution < -0.4 is 0 Å². The standard InChI is InChI=1S/C14H26O4/c1-2-3-9-12(14(17)18)10-7-5-4-6-8-11-13(15)16/h12H,2-11H2,1H3,(H,15,16)(H,17,18). The Bertz CT molecular complexity index is 238. The summed E-state index contributed by atoms with van der Waals surface area (Å²) in [6, 6.07) is 0. The summed E-state index contributed by atoms with van der Waals surface area (Å²) < 4.78 is 0. The first-order valence-corrected chi connectivity index (χ1v) is 7.02. The molecule has 18 heavy (non-hydrogen) atoms. The first-order chi connectivity index (χ1) is 8.57. The molecule has 0 aliphatic heterocycles. The van der Waals surface area contributed by atoms with Gasteiger partial charge in [-0.15, -0.1) is 0 Å². The second kappa shape index (κ2) is 11.1. The molecule has 0 heterocycles. The molecule has 1 atom stereocenters. The number of unbranched alkanes of at least 4 members (excludes halogenated alkanes) is 5. The zero-order valence-corrected chi connectivity index (χ0v) is 11.4. The van der Waals surface area contributed by atoms with E-state index in [1.54, 1.807) is 0 Å². The Labute approximate surface area is 109 Å². The van der Waals surface area contributed by atoms with Crippen LogP contribution in [0.2, 0.25) is 0 Å². The fourth-order valence-electron chi connectivity index (χ4n) is 2.04. The number of hydrogen-bond donors (Lipinski definition) is 2. The van der Waals surface area contributed by atoms with E-state index in [4.69, 9.17) is 10.2 Å². The SMILES string of the molecule is CCCCC(CCCCCCCC(=O)O)C(=O)O. The Hall–Kier alpha value is -1.06. The van der Waals surface area contributed by atoms with Crippen molar-refractivity contribution in [2.24, 2.45) is 5.92 Å². The normalized spacial score (nSPS) is 12.3. The van der Waals surface area contributed by atoms with Crippen molar-refractivity contribution in [3.8, 4) is 0 Å². The highest BCUT2D eigenvalue weighted by atomic mass is 16.4. The summed E-state index contributed by atoms with van der Waals surface area (Å²) in [4.78, 5) is 21.3. The van der Waals surface area contributed by atoms with E-state index < -0.39 is 11.9 Å². The second-order valence-corrected chi connectivity index (χ2v) is 4.88. The summed E-state index contributed by atoms with van der Waals surface area (Å²) in [5.74, 6) is -1.60. The highest BCUT2D eigenvalue weighted by Gasteiger charge is 2.15. The molecule has 4 heteroatoms. The van der Waals surface area contributed by atoms with E-state index >= 15 is 0 Å². The quantitative estimate of drug-likeness (QED) is 0.523. The zero-order valence-electron chi connectivity index (χ0n) is 11.4. The molecule has 0 spiro atoms. The third-order valence-corrected chi connectivity index (χ3v) is 3.20. The molecule has 0 aromatic heterocycles. The lowest BCUT2D eigenvalue weighted by Gasteiger charge is -2.11. The number of hydrogen-bond acceptors (Lipinski definition) is 2. The average Bonchev–Trinajstić information content (AvgIpc) is 2.30. The fourth-order valence-corrected chi connectivity index (χ4v) is 2.04. The molecule has 0 bridgehead atoms. The van der Waals surface area contributed by atoms with E-state index in [-0.39, 0.29) is 12.3 Å². The predicted molar refractivity (Wildman–Crippen MR) is 70.6 cm³/mol. The van der Waals surface area contributed by atoms with E-state index in [2.05, 4.69) is 6.92 Å². The van der Waals surface area contributed by atoms with Gasteiger partial charge < -0.3 is 10.2 Å². The Morgan fingerprint density at radius 3 is 2.00 bits per heavy atom. The summed E-state index contributed by atoms with van der Waals surface area (Å²) in [5.41, 5.74) is 0. The van der Waals surface area contributed by atoms with E-state index in [1.807, 2.05) is 0 Å². The third kappa shape index (κ3) is 10.1. The van der Waals surface area contributed by atoms with Crippen LogP contribution in [0.4, 0.5) is 0 Å². The number of aliphatic carboxylic acids is 2. The third-order valence-electron chi connectivity index (χ3n) is 3.20. The molecule has 0 radical (unpaired) electrons. The number of carbonyl (C=O) groups is 2. The van der Waals surface area contributed by atoms with Crippen LogP contribution in [0, 0.1) is 5.92 Å². The van der Waals surface area contributed by atoms with E-state index in [9.17, 15) is 9.59 Å². The molecule has 0 amide bonds. The molecule has 0 aromatic rings. The van der Waals surface area contributed by atoms with Crippen LogP contribution >= 0.6 is 0 Å². The van der Waals surface area contributed by atoms with Crippen molar-refractivity contribution in [2.75, 3.05) is 0 Å². The topological polar surface area (TPSA) is 74.6 Å². The van der Waals surface area contributed by atoms with E-state index in [1.165, 1.54) is 0 Å². The Morgan fingerprint density at radius 1 is 0.889 bits per heavy atom. The zero-order chi connectivity index (χ0) is 13.8. The minimum atomic E-state index is -0.736. The van der Waals surface area contributed by atoms with Gasteiger partial charge in [0.1, 0.15) is 0 Å². The minimum Gasteiger partial charge on any atom is -0.481 e. The van der Waals surface area contributed by atoms with Crippen molar-refractivity contribution in [3.05, 3.63) is 0 Å². The van der Waals surface area contributed by atoms with Crippen LogP contribution in [-0.4, -0.2) is 22.2 Å². The summed E-state index contributed by atoms with van der Waals surface area (Å²) in [7, 11) is 0. The van der Waals surface area contributed by atoms with Gasteiger partial charge in [0.05, 0.1) is 5.92 Å². The number of rotatable bonds is 12. The molecule has 0 saturated heterocycles. The van der Waals surface area contributed by atoms with Crippen molar-refractivity contribution in [1.82, 2.24) is 0 Å². The van der Waals surface area contributed by atoms with Crippen molar-refractivity contribution in [1.29, 1.82) is 0 Å². The summed E-state index contributed by atoms with van der Waals surface area (Å²) in [5, 5.41) is 17.5. The molecule has 0 aliphatic carbocycles. The average molecular weight is 258 g/mol. The minimum absolute atomic E-state index is 0.191. The molecule has 106 valence electrons. The lowest BCUT2D eigenvalue weighted by molar-refractivity contribution is -0.142. The van der Waals surface area contributed by atoms with Gasteiger partial charge >= 0.3 is 11.9 Å². The lowest BCUT2D eigenvalue weighted by atomic mass is 9.95. The first-order valence-electron chi connectivity index (χ1n) is 7.02. The molecule has 0 aromatic carbocycles. The van der Waals surface area contributed by atoms with Crippen molar-refractivity contribution >= 4 is 11.9 Å². The fraction of sp³-hybridized carbons (Fsp3) is 0.857. The maximum absolute atomic E-state index is 11.0. The van der Waals surface area contributed by atoms with Gasteiger partial charge in [0.25, 0.3) is 0 Å². The largest absolute Gasteiger partial charge is 0.481 e. The first kappa shape index (κ1) is 16.9.